The SMILES string of the molecule is Cc1ccc(CN(C)C(=O)c2ccc(Cl)c(S(=O)(=O)Nc3ccccc3C)c2)cc1. The average Bonchev–Trinajstić information content (AvgIpc) is 2.71. The molecule has 0 unspecified atom stereocenters. The van der Waals surface area contributed by atoms with Crippen LogP contribution >= 0.6 is 11.6 Å². The van der Waals surface area contributed by atoms with Gasteiger partial charge in [-0.05, 0) is 49.2 Å². The Labute approximate surface area is 182 Å². The van der Waals surface area contributed by atoms with E-state index in [-0.39, 0.29) is 21.4 Å². The third-order valence-electron chi connectivity index (χ3n) is 4.74. The van der Waals surface area contributed by atoms with Gasteiger partial charge in [0.1, 0.15) is 4.90 Å². The average molecular weight is 443 g/mol. The first-order chi connectivity index (χ1) is 14.2. The summed E-state index contributed by atoms with van der Waals surface area (Å²) in [7, 11) is -2.29. The molecular weight excluding hydrogens is 420 g/mol. The molecule has 0 aliphatic carbocycles. The van der Waals surface area contributed by atoms with Crippen molar-refractivity contribution in [1.82, 2.24) is 4.90 Å². The van der Waals surface area contributed by atoms with Crippen LogP contribution in [-0.2, 0) is 16.6 Å². The summed E-state index contributed by atoms with van der Waals surface area (Å²) in [5.41, 5.74) is 3.61. The van der Waals surface area contributed by atoms with Gasteiger partial charge < -0.3 is 4.90 Å². The smallest absolute Gasteiger partial charge is 0.263 e. The number of carbonyl (C=O) groups is 1. The molecule has 1 N–H and O–H groups in total. The van der Waals surface area contributed by atoms with Gasteiger partial charge >= 0.3 is 0 Å². The second-order valence-corrected chi connectivity index (χ2v) is 9.27. The largest absolute Gasteiger partial charge is 0.337 e. The Morgan fingerprint density at radius 2 is 1.67 bits per heavy atom. The number of aryl methyl sites for hydroxylation is 2. The van der Waals surface area contributed by atoms with Gasteiger partial charge in [-0.25, -0.2) is 8.42 Å². The molecule has 0 bridgehead atoms. The van der Waals surface area contributed by atoms with Gasteiger partial charge in [0.15, 0.2) is 0 Å². The van der Waals surface area contributed by atoms with Crippen LogP contribution in [0.4, 0.5) is 5.69 Å². The van der Waals surface area contributed by atoms with Crippen LogP contribution in [0.3, 0.4) is 0 Å². The van der Waals surface area contributed by atoms with E-state index in [1.165, 1.54) is 18.2 Å². The topological polar surface area (TPSA) is 66.5 Å². The lowest BCUT2D eigenvalue weighted by Gasteiger charge is -2.18. The van der Waals surface area contributed by atoms with Crippen LogP contribution in [0.1, 0.15) is 27.0 Å². The first-order valence-corrected chi connectivity index (χ1v) is 11.2. The van der Waals surface area contributed by atoms with Crippen LogP contribution in [0.2, 0.25) is 5.02 Å². The van der Waals surface area contributed by atoms with E-state index < -0.39 is 10.0 Å². The molecule has 0 radical (unpaired) electrons. The predicted molar refractivity (Wildman–Crippen MR) is 120 cm³/mol. The van der Waals surface area contributed by atoms with E-state index in [1.54, 1.807) is 37.1 Å². The number of anilines is 1. The molecule has 0 saturated carbocycles. The standard InChI is InChI=1S/C23H23ClN2O3S/c1-16-8-10-18(11-9-16)15-26(3)23(27)19-12-13-20(24)22(14-19)30(28,29)25-21-7-5-4-6-17(21)2/h4-14,25H,15H2,1-3H3. The van der Waals surface area contributed by atoms with Gasteiger partial charge in [0, 0.05) is 19.2 Å². The lowest BCUT2D eigenvalue weighted by atomic mass is 10.1. The van der Waals surface area contributed by atoms with E-state index in [4.69, 9.17) is 11.6 Å². The highest BCUT2D eigenvalue weighted by Gasteiger charge is 2.22. The van der Waals surface area contributed by atoms with Crippen molar-refractivity contribution in [2.24, 2.45) is 0 Å². The molecule has 0 aromatic heterocycles. The molecule has 0 fully saturated rings. The summed E-state index contributed by atoms with van der Waals surface area (Å²) in [5, 5.41) is 0.0498. The molecule has 5 nitrogen and oxygen atoms in total. The molecule has 0 aliphatic rings. The quantitative estimate of drug-likeness (QED) is 0.582. The summed E-state index contributed by atoms with van der Waals surface area (Å²) in [6.07, 6.45) is 0. The first kappa shape index (κ1) is 21.9. The highest BCUT2D eigenvalue weighted by molar-refractivity contribution is 7.92. The molecule has 0 aliphatic heterocycles. The minimum absolute atomic E-state index is 0.0498. The third kappa shape index (κ3) is 5.01. The predicted octanol–water partition coefficient (Wildman–Crippen LogP) is 5.03. The van der Waals surface area contributed by atoms with Crippen LogP contribution in [0.25, 0.3) is 0 Å². The van der Waals surface area contributed by atoms with Crippen molar-refractivity contribution < 1.29 is 13.2 Å². The number of halogens is 1. The van der Waals surface area contributed by atoms with Gasteiger partial charge in [0.05, 0.1) is 10.7 Å². The van der Waals surface area contributed by atoms with Gasteiger partial charge in [0.25, 0.3) is 15.9 Å². The van der Waals surface area contributed by atoms with Gasteiger partial charge in [0.2, 0.25) is 0 Å². The summed E-state index contributed by atoms with van der Waals surface area (Å²) in [6.45, 7) is 4.21. The monoisotopic (exact) mass is 442 g/mol. The number of nitrogens with one attached hydrogen (secondary N) is 1. The molecule has 156 valence electrons. The fraction of sp³-hybridized carbons (Fsp3) is 0.174. The molecule has 0 heterocycles. The third-order valence-corrected chi connectivity index (χ3v) is 6.59. The van der Waals surface area contributed by atoms with E-state index in [9.17, 15) is 13.2 Å². The maximum Gasteiger partial charge on any atom is 0.263 e. The van der Waals surface area contributed by atoms with Crippen LogP contribution < -0.4 is 4.72 Å². The van der Waals surface area contributed by atoms with Gasteiger partial charge in [-0.2, -0.15) is 0 Å². The first-order valence-electron chi connectivity index (χ1n) is 9.36. The molecule has 0 atom stereocenters. The van der Waals surface area contributed by atoms with E-state index in [0.717, 1.165) is 16.7 Å². The van der Waals surface area contributed by atoms with Crippen LogP contribution in [0.15, 0.2) is 71.6 Å². The Hall–Kier alpha value is -2.83. The summed E-state index contributed by atoms with van der Waals surface area (Å²) in [6, 6.07) is 19.2. The zero-order valence-corrected chi connectivity index (χ0v) is 18.6. The van der Waals surface area contributed by atoms with Crippen molar-refractivity contribution in [3.8, 4) is 0 Å². The van der Waals surface area contributed by atoms with Crippen molar-refractivity contribution in [3.63, 3.8) is 0 Å². The molecule has 7 heteroatoms. The Morgan fingerprint density at radius 1 is 1.00 bits per heavy atom. The fourth-order valence-corrected chi connectivity index (χ4v) is 4.65. The molecule has 3 aromatic rings. The summed E-state index contributed by atoms with van der Waals surface area (Å²) in [5.74, 6) is -0.292. The van der Waals surface area contributed by atoms with Crippen molar-refractivity contribution >= 4 is 33.2 Å². The van der Waals surface area contributed by atoms with E-state index in [0.29, 0.717) is 12.2 Å². The summed E-state index contributed by atoms with van der Waals surface area (Å²) in [4.78, 5) is 14.3. The second-order valence-electron chi connectivity index (χ2n) is 7.21. The Kier molecular flexibility index (Phi) is 6.48. The van der Waals surface area contributed by atoms with Crippen LogP contribution in [0, 0.1) is 13.8 Å². The van der Waals surface area contributed by atoms with Crippen LogP contribution in [-0.4, -0.2) is 26.3 Å². The Morgan fingerprint density at radius 3 is 2.33 bits per heavy atom. The van der Waals surface area contributed by atoms with Gasteiger partial charge in [-0.15, -0.1) is 0 Å². The molecular formula is C23H23ClN2O3S. The molecule has 0 saturated heterocycles. The molecule has 3 aromatic carbocycles. The van der Waals surface area contributed by atoms with Gasteiger partial charge in [-0.1, -0.05) is 59.6 Å². The van der Waals surface area contributed by atoms with E-state index in [1.807, 2.05) is 37.3 Å². The Balaban J connectivity index is 1.85. The Bertz CT molecular complexity index is 1180. The minimum Gasteiger partial charge on any atom is -0.337 e. The molecule has 3 rings (SSSR count). The van der Waals surface area contributed by atoms with Crippen molar-refractivity contribution in [3.05, 3.63) is 94.0 Å². The van der Waals surface area contributed by atoms with Crippen LogP contribution in [0.5, 0.6) is 0 Å². The number of rotatable bonds is 6. The molecule has 30 heavy (non-hydrogen) atoms. The van der Waals surface area contributed by atoms with E-state index >= 15 is 0 Å². The zero-order valence-electron chi connectivity index (χ0n) is 17.0. The lowest BCUT2D eigenvalue weighted by Crippen LogP contribution is -2.26. The number of sulfonamides is 1. The number of hydrogen-bond donors (Lipinski definition) is 1. The fourth-order valence-electron chi connectivity index (χ4n) is 2.99. The van der Waals surface area contributed by atoms with Crippen molar-refractivity contribution in [1.29, 1.82) is 0 Å². The van der Waals surface area contributed by atoms with Crippen molar-refractivity contribution in [2.75, 3.05) is 11.8 Å². The number of carbonyl (C=O) groups excluding carboxylic acids is 1. The number of benzene rings is 3. The lowest BCUT2D eigenvalue weighted by molar-refractivity contribution is 0.0785. The summed E-state index contributed by atoms with van der Waals surface area (Å²) < 4.78 is 28.4. The molecule has 0 spiro atoms. The van der Waals surface area contributed by atoms with E-state index in [2.05, 4.69) is 4.72 Å². The normalized spacial score (nSPS) is 11.2. The zero-order chi connectivity index (χ0) is 21.9. The van der Waals surface area contributed by atoms with Gasteiger partial charge in [-0.3, -0.25) is 9.52 Å². The summed E-state index contributed by atoms with van der Waals surface area (Å²) >= 11 is 6.17. The second kappa shape index (κ2) is 8.90. The highest BCUT2D eigenvalue weighted by atomic mass is 35.5. The number of para-hydroxylation sites is 1. The maximum atomic E-state index is 12.9. The highest BCUT2D eigenvalue weighted by Crippen LogP contribution is 2.26. The number of nitrogens with zero attached hydrogens (tertiary/aromatic N) is 1. The maximum absolute atomic E-state index is 12.9. The van der Waals surface area contributed by atoms with Crippen molar-refractivity contribution in [2.45, 2.75) is 25.3 Å². The number of hydrogen-bond acceptors (Lipinski definition) is 3. The number of amides is 1. The molecule has 1 amide bonds. The minimum atomic E-state index is -3.96.